The highest BCUT2D eigenvalue weighted by Crippen LogP contribution is 2.42. The minimum absolute atomic E-state index is 0.982. The molecule has 0 amide bonds. The maximum absolute atomic E-state index is 4.50. The van der Waals surface area contributed by atoms with Crippen molar-refractivity contribution in [3.8, 4) is 27.9 Å². The van der Waals surface area contributed by atoms with Crippen molar-refractivity contribution < 1.29 is 0 Å². The van der Waals surface area contributed by atoms with Crippen LogP contribution in [0.3, 0.4) is 0 Å². The van der Waals surface area contributed by atoms with Crippen LogP contribution >= 0.6 is 11.3 Å². The second-order valence-electron chi connectivity index (χ2n) is 13.1. The summed E-state index contributed by atoms with van der Waals surface area (Å²) >= 11 is 1.87. The minimum atomic E-state index is 0.982. The number of para-hydroxylation sites is 2. The molecule has 2 aromatic heterocycles. The molecule has 7 aromatic carbocycles. The van der Waals surface area contributed by atoms with E-state index in [1.807, 2.05) is 11.3 Å². The fourth-order valence-corrected chi connectivity index (χ4v) is 8.91. The summed E-state index contributed by atoms with van der Waals surface area (Å²) in [5.41, 5.74) is 12.7. The third-order valence-corrected chi connectivity index (χ3v) is 11.3. The molecule has 0 saturated heterocycles. The molecule has 0 bridgehead atoms. The van der Waals surface area contributed by atoms with E-state index in [1.165, 1.54) is 64.4 Å². The van der Waals surface area contributed by atoms with Crippen LogP contribution in [0.5, 0.6) is 0 Å². The van der Waals surface area contributed by atoms with Crippen LogP contribution in [0.4, 0.5) is 11.4 Å². The van der Waals surface area contributed by atoms with Crippen LogP contribution in [0.15, 0.2) is 189 Å². The van der Waals surface area contributed by atoms with Gasteiger partial charge in [-0.05, 0) is 94.6 Å². The molecule has 51 heavy (non-hydrogen) atoms. The van der Waals surface area contributed by atoms with Gasteiger partial charge < -0.3 is 9.47 Å². The van der Waals surface area contributed by atoms with Crippen molar-refractivity contribution in [2.24, 2.45) is 0 Å². The Morgan fingerprint density at radius 2 is 1.18 bits per heavy atom. The molecule has 1 aliphatic rings. The molecule has 10 rings (SSSR count). The molecule has 0 unspecified atom stereocenters. The van der Waals surface area contributed by atoms with E-state index in [1.54, 1.807) is 0 Å². The van der Waals surface area contributed by atoms with Crippen molar-refractivity contribution in [1.82, 2.24) is 4.57 Å². The lowest BCUT2D eigenvalue weighted by Crippen LogP contribution is -2.11. The zero-order valence-corrected chi connectivity index (χ0v) is 28.6. The third-order valence-electron chi connectivity index (χ3n) is 10.1. The molecule has 3 heterocycles. The number of anilines is 2. The smallest absolute Gasteiger partial charge is 0.0541 e. The monoisotopic (exact) mass is 668 g/mol. The molecule has 0 N–H and O–H groups in total. The van der Waals surface area contributed by atoms with Crippen LogP contribution in [-0.4, -0.2) is 4.57 Å². The first kappa shape index (κ1) is 29.5. The Bertz CT molecular complexity index is 2870. The number of rotatable bonds is 4. The molecule has 0 fully saturated rings. The lowest BCUT2D eigenvalue weighted by atomic mass is 9.95. The van der Waals surface area contributed by atoms with Gasteiger partial charge in [0.25, 0.3) is 0 Å². The molecule has 2 nitrogen and oxygen atoms in total. The van der Waals surface area contributed by atoms with Gasteiger partial charge in [0.15, 0.2) is 0 Å². The van der Waals surface area contributed by atoms with Crippen molar-refractivity contribution in [2.45, 2.75) is 0 Å². The van der Waals surface area contributed by atoms with E-state index < -0.39 is 0 Å². The third kappa shape index (κ3) is 4.85. The Kier molecular flexibility index (Phi) is 6.87. The van der Waals surface area contributed by atoms with Gasteiger partial charge in [0.2, 0.25) is 0 Å². The predicted octanol–water partition coefficient (Wildman–Crippen LogP) is 13.7. The van der Waals surface area contributed by atoms with Crippen molar-refractivity contribution in [3.05, 3.63) is 194 Å². The van der Waals surface area contributed by atoms with Crippen LogP contribution < -0.4 is 4.90 Å². The van der Waals surface area contributed by atoms with Crippen molar-refractivity contribution in [3.63, 3.8) is 0 Å². The SMILES string of the molecule is C=C1/C=C\C=C/N(c2ccc(-c3cccc4c3sc3ccccc34)cc2)c2ccc(-c3ccc4c(c3)c3ccccc3n4-c3ccccc3)cc21. The molecule has 0 radical (unpaired) electrons. The zero-order valence-electron chi connectivity index (χ0n) is 27.8. The van der Waals surface area contributed by atoms with Gasteiger partial charge in [-0.3, -0.25) is 0 Å². The van der Waals surface area contributed by atoms with E-state index in [4.69, 9.17) is 0 Å². The predicted molar refractivity (Wildman–Crippen MR) is 220 cm³/mol. The summed E-state index contributed by atoms with van der Waals surface area (Å²) in [5.74, 6) is 0. The highest BCUT2D eigenvalue weighted by molar-refractivity contribution is 7.26. The summed E-state index contributed by atoms with van der Waals surface area (Å²) in [4.78, 5) is 2.27. The number of hydrogen-bond acceptors (Lipinski definition) is 2. The van der Waals surface area contributed by atoms with E-state index in [0.717, 1.165) is 28.1 Å². The normalized spacial score (nSPS) is 14.2. The average Bonchev–Trinajstić information content (AvgIpc) is 3.73. The van der Waals surface area contributed by atoms with Gasteiger partial charge in [-0.25, -0.2) is 0 Å². The molecule has 0 aliphatic carbocycles. The summed E-state index contributed by atoms with van der Waals surface area (Å²) < 4.78 is 5.02. The first-order valence-electron chi connectivity index (χ1n) is 17.3. The van der Waals surface area contributed by atoms with Crippen LogP contribution in [-0.2, 0) is 0 Å². The number of fused-ring (bicyclic) bond motifs is 7. The second-order valence-corrected chi connectivity index (χ2v) is 14.1. The largest absolute Gasteiger partial charge is 0.317 e. The molecule has 0 saturated carbocycles. The second kappa shape index (κ2) is 11.9. The van der Waals surface area contributed by atoms with Gasteiger partial charge in [0.05, 0.1) is 16.7 Å². The van der Waals surface area contributed by atoms with Gasteiger partial charge in [0, 0.05) is 54.1 Å². The Hall–Kier alpha value is -6.42. The van der Waals surface area contributed by atoms with Crippen molar-refractivity contribution in [2.75, 3.05) is 4.90 Å². The topological polar surface area (TPSA) is 8.17 Å². The lowest BCUT2D eigenvalue weighted by Gasteiger charge is -2.26. The Morgan fingerprint density at radius 1 is 0.471 bits per heavy atom. The molecule has 9 aromatic rings. The number of allylic oxidation sites excluding steroid dienone is 4. The van der Waals surface area contributed by atoms with Gasteiger partial charge in [0.1, 0.15) is 0 Å². The number of thiophene rings is 1. The van der Waals surface area contributed by atoms with E-state index in [9.17, 15) is 0 Å². The van der Waals surface area contributed by atoms with Crippen LogP contribution in [0, 0.1) is 0 Å². The quantitative estimate of drug-likeness (QED) is 0.181. The molecular formula is C48H32N2S. The van der Waals surface area contributed by atoms with Crippen molar-refractivity contribution >= 4 is 70.3 Å². The number of benzene rings is 7. The van der Waals surface area contributed by atoms with Gasteiger partial charge in [-0.1, -0.05) is 116 Å². The standard InChI is InChI=1S/C48H32N2S/c1-32-12-9-10-29-49(36-25-21-33(22-26-36)38-17-11-18-41-40-16-6-8-20-47(40)51-48(38)41)44-27-23-34(30-42(32)44)35-24-28-46-43(31-35)39-15-5-7-19-45(39)50(46)37-13-3-2-4-14-37/h2-31H,1H2/b12-9-,29-10-. The maximum atomic E-state index is 4.50. The highest BCUT2D eigenvalue weighted by atomic mass is 32.1. The molecule has 0 atom stereocenters. The van der Waals surface area contributed by atoms with Gasteiger partial charge in [-0.15, -0.1) is 11.3 Å². The first-order chi connectivity index (χ1) is 25.2. The van der Waals surface area contributed by atoms with Crippen LogP contribution in [0.1, 0.15) is 5.56 Å². The average molecular weight is 669 g/mol. The number of aromatic nitrogens is 1. The summed E-state index contributed by atoms with van der Waals surface area (Å²) in [6.07, 6.45) is 8.41. The summed E-state index contributed by atoms with van der Waals surface area (Å²) in [6.45, 7) is 4.50. The summed E-state index contributed by atoms with van der Waals surface area (Å²) in [5, 5.41) is 5.14. The van der Waals surface area contributed by atoms with Gasteiger partial charge >= 0.3 is 0 Å². The number of hydrogen-bond donors (Lipinski definition) is 0. The van der Waals surface area contributed by atoms with Crippen LogP contribution in [0.25, 0.3) is 75.5 Å². The number of nitrogens with zero attached hydrogens (tertiary/aromatic N) is 2. The summed E-state index contributed by atoms with van der Waals surface area (Å²) in [6, 6.07) is 57.2. The Labute approximate surface area is 300 Å². The van der Waals surface area contributed by atoms with Crippen molar-refractivity contribution in [1.29, 1.82) is 0 Å². The highest BCUT2D eigenvalue weighted by Gasteiger charge is 2.18. The molecule has 3 heteroatoms. The van der Waals surface area contributed by atoms with E-state index in [0.29, 0.717) is 0 Å². The van der Waals surface area contributed by atoms with Crippen LogP contribution in [0.2, 0.25) is 0 Å². The first-order valence-corrected chi connectivity index (χ1v) is 18.1. The maximum Gasteiger partial charge on any atom is 0.0541 e. The molecule has 0 spiro atoms. The fourth-order valence-electron chi connectivity index (χ4n) is 7.67. The lowest BCUT2D eigenvalue weighted by molar-refractivity contribution is 1.18. The van der Waals surface area contributed by atoms with E-state index >= 15 is 0 Å². The minimum Gasteiger partial charge on any atom is -0.317 e. The molecule has 1 aliphatic heterocycles. The Balaban J connectivity index is 1.04. The zero-order chi connectivity index (χ0) is 33.9. The Morgan fingerprint density at radius 3 is 2.06 bits per heavy atom. The summed E-state index contributed by atoms with van der Waals surface area (Å²) in [7, 11) is 0. The van der Waals surface area contributed by atoms with Gasteiger partial charge in [-0.2, -0.15) is 0 Å². The molecular weight excluding hydrogens is 637 g/mol. The van der Waals surface area contributed by atoms with E-state index in [-0.39, 0.29) is 0 Å². The molecule has 240 valence electrons. The van der Waals surface area contributed by atoms with E-state index in [2.05, 4.69) is 198 Å². The fraction of sp³-hybridized carbons (Fsp3) is 0.